The molecule has 0 fully saturated rings. The Balaban J connectivity index is 2.45. The summed E-state index contributed by atoms with van der Waals surface area (Å²) in [4.78, 5) is 25.5. The molecule has 1 aromatic carbocycles. The molecule has 17 heavy (non-hydrogen) atoms. The molecule has 0 aliphatic carbocycles. The van der Waals surface area contributed by atoms with Crippen molar-refractivity contribution in [2.24, 2.45) is 0 Å². The van der Waals surface area contributed by atoms with E-state index in [0.717, 1.165) is 10.2 Å². The summed E-state index contributed by atoms with van der Waals surface area (Å²) in [6.45, 7) is 3.86. The van der Waals surface area contributed by atoms with Gasteiger partial charge in [0, 0.05) is 0 Å². The number of aromatic amines is 1. The number of carbonyl (C=O) groups excluding carboxylic acids is 1. The number of hydrogen-bond donors (Lipinski definition) is 2. The van der Waals surface area contributed by atoms with E-state index in [4.69, 9.17) is 4.74 Å². The fourth-order valence-corrected chi connectivity index (χ4v) is 1.58. The molecule has 90 valence electrons. The average molecular weight is 235 g/mol. The van der Waals surface area contributed by atoms with Crippen molar-refractivity contribution < 1.29 is 9.53 Å². The lowest BCUT2D eigenvalue weighted by Crippen LogP contribution is -2.31. The van der Waals surface area contributed by atoms with Crippen molar-refractivity contribution in [3.8, 4) is 0 Å². The van der Waals surface area contributed by atoms with Gasteiger partial charge in [-0.15, -0.1) is 0 Å². The van der Waals surface area contributed by atoms with Gasteiger partial charge < -0.3 is 9.72 Å². The van der Waals surface area contributed by atoms with Crippen LogP contribution in [0.5, 0.6) is 0 Å². The maximum atomic E-state index is 11.6. The van der Waals surface area contributed by atoms with Gasteiger partial charge in [0.25, 0.3) is 0 Å². The number of nitrogens with one attached hydrogen (secondary N) is 2. The van der Waals surface area contributed by atoms with E-state index in [-0.39, 0.29) is 6.61 Å². The van der Waals surface area contributed by atoms with E-state index in [0.29, 0.717) is 11.0 Å². The Morgan fingerprint density at radius 2 is 2.29 bits per heavy atom. The summed E-state index contributed by atoms with van der Waals surface area (Å²) in [5, 5.41) is 0. The highest BCUT2D eigenvalue weighted by Gasteiger charge is 2.09. The molecule has 2 N–H and O–H groups in total. The van der Waals surface area contributed by atoms with Crippen LogP contribution in [-0.4, -0.2) is 22.4 Å². The van der Waals surface area contributed by atoms with Crippen molar-refractivity contribution >= 4 is 17.1 Å². The van der Waals surface area contributed by atoms with Crippen LogP contribution < -0.4 is 11.1 Å². The van der Waals surface area contributed by atoms with Crippen LogP contribution in [0, 0.1) is 6.92 Å². The summed E-state index contributed by atoms with van der Waals surface area (Å²) in [5.74, 6) is 0. The number of benzene rings is 1. The molecule has 0 spiro atoms. The zero-order chi connectivity index (χ0) is 12.4. The van der Waals surface area contributed by atoms with Crippen LogP contribution >= 0.6 is 0 Å². The maximum Gasteiger partial charge on any atom is 0.426 e. The van der Waals surface area contributed by atoms with Gasteiger partial charge in [0.05, 0.1) is 17.6 Å². The molecule has 0 saturated carbocycles. The first-order valence-corrected chi connectivity index (χ1v) is 5.27. The summed E-state index contributed by atoms with van der Waals surface area (Å²) < 4.78 is 5.86. The third-order valence-corrected chi connectivity index (χ3v) is 2.32. The lowest BCUT2D eigenvalue weighted by molar-refractivity contribution is 0.164. The fraction of sp³-hybridized carbons (Fsp3) is 0.273. The van der Waals surface area contributed by atoms with E-state index in [1.54, 1.807) is 19.1 Å². The lowest BCUT2D eigenvalue weighted by atomic mass is 10.2. The Morgan fingerprint density at radius 3 is 3.00 bits per heavy atom. The quantitative estimate of drug-likeness (QED) is 0.824. The highest BCUT2D eigenvalue weighted by molar-refractivity contribution is 5.81. The van der Waals surface area contributed by atoms with Crippen molar-refractivity contribution in [3.05, 3.63) is 34.2 Å². The van der Waals surface area contributed by atoms with Gasteiger partial charge in [-0.2, -0.15) is 4.68 Å². The predicted molar refractivity (Wildman–Crippen MR) is 63.7 cm³/mol. The van der Waals surface area contributed by atoms with Crippen LogP contribution in [-0.2, 0) is 4.74 Å². The van der Waals surface area contributed by atoms with Crippen LogP contribution in [0.4, 0.5) is 4.79 Å². The molecule has 0 radical (unpaired) electrons. The van der Waals surface area contributed by atoms with Crippen molar-refractivity contribution in [2.75, 3.05) is 12.0 Å². The topological polar surface area (TPSA) is 76.1 Å². The van der Waals surface area contributed by atoms with Crippen LogP contribution in [0.2, 0.25) is 0 Å². The number of nitrogens with zero attached hydrogens (tertiary/aromatic N) is 1. The molecule has 2 aromatic rings. The normalized spacial score (nSPS) is 10.5. The minimum atomic E-state index is -0.656. The Hall–Kier alpha value is -2.24. The van der Waals surface area contributed by atoms with E-state index in [1.807, 2.05) is 13.0 Å². The summed E-state index contributed by atoms with van der Waals surface area (Å²) in [6, 6.07) is 5.47. The molecule has 0 unspecified atom stereocenters. The number of fused-ring (bicyclic) bond motifs is 1. The summed E-state index contributed by atoms with van der Waals surface area (Å²) in [5.41, 5.74) is 4.24. The molecule has 0 bridgehead atoms. The molecular formula is C11H13N3O3. The molecule has 1 amide bonds. The smallest absolute Gasteiger partial charge is 0.426 e. The highest BCUT2D eigenvalue weighted by Crippen LogP contribution is 2.11. The number of carbonyl (C=O) groups is 1. The Morgan fingerprint density at radius 1 is 1.53 bits per heavy atom. The molecule has 0 atom stereocenters. The molecule has 0 aliphatic rings. The number of H-pyrrole nitrogens is 1. The molecular weight excluding hydrogens is 222 g/mol. The standard InChI is InChI=1S/C11H13N3O3/c1-3-17-11(16)13-14-9-6-7(2)4-5-8(9)12-10(14)15/h4-6H,3H2,1-2H3,(H,12,15)(H,13,16). The van der Waals surface area contributed by atoms with Crippen molar-refractivity contribution in [3.63, 3.8) is 0 Å². The molecule has 6 nitrogen and oxygen atoms in total. The lowest BCUT2D eigenvalue weighted by Gasteiger charge is -2.05. The number of amides is 1. The van der Waals surface area contributed by atoms with Crippen molar-refractivity contribution in [1.82, 2.24) is 9.66 Å². The number of hydrogen-bond acceptors (Lipinski definition) is 3. The number of rotatable bonds is 2. The largest absolute Gasteiger partial charge is 0.449 e. The van der Waals surface area contributed by atoms with Gasteiger partial charge in [0.1, 0.15) is 0 Å². The van der Waals surface area contributed by atoms with Gasteiger partial charge in [0.2, 0.25) is 0 Å². The number of ether oxygens (including phenoxy) is 1. The fourth-order valence-electron chi connectivity index (χ4n) is 1.58. The summed E-state index contributed by atoms with van der Waals surface area (Å²) in [7, 11) is 0. The zero-order valence-electron chi connectivity index (χ0n) is 9.61. The Bertz CT molecular complexity index is 612. The SMILES string of the molecule is CCOC(=O)Nn1c(=O)[nH]c2ccc(C)cc21. The molecule has 2 rings (SSSR count). The minimum absolute atomic E-state index is 0.252. The van der Waals surface area contributed by atoms with Crippen molar-refractivity contribution in [1.29, 1.82) is 0 Å². The summed E-state index contributed by atoms with van der Waals surface area (Å²) in [6.07, 6.45) is -0.656. The number of imidazole rings is 1. The molecule has 1 heterocycles. The second-order valence-electron chi connectivity index (χ2n) is 3.62. The third-order valence-electron chi connectivity index (χ3n) is 2.32. The van der Waals surface area contributed by atoms with E-state index in [2.05, 4.69) is 10.4 Å². The molecule has 0 saturated heterocycles. The van der Waals surface area contributed by atoms with Gasteiger partial charge in [0.15, 0.2) is 0 Å². The summed E-state index contributed by atoms with van der Waals surface area (Å²) >= 11 is 0. The third kappa shape index (κ3) is 2.15. The van der Waals surface area contributed by atoms with E-state index in [1.165, 1.54) is 0 Å². The number of aryl methyl sites for hydroxylation is 1. The second-order valence-corrected chi connectivity index (χ2v) is 3.62. The second kappa shape index (κ2) is 4.32. The van der Waals surface area contributed by atoms with Gasteiger partial charge in [-0.25, -0.2) is 15.0 Å². The van der Waals surface area contributed by atoms with Crippen LogP contribution in [0.3, 0.4) is 0 Å². The van der Waals surface area contributed by atoms with E-state index >= 15 is 0 Å². The number of aromatic nitrogens is 2. The van der Waals surface area contributed by atoms with E-state index < -0.39 is 11.8 Å². The minimum Gasteiger partial charge on any atom is -0.449 e. The molecule has 0 aliphatic heterocycles. The Kier molecular flexibility index (Phi) is 2.86. The molecule has 1 aromatic heterocycles. The molecule has 6 heteroatoms. The first kappa shape index (κ1) is 11.3. The zero-order valence-corrected chi connectivity index (χ0v) is 9.61. The van der Waals surface area contributed by atoms with Crippen LogP contribution in [0.25, 0.3) is 11.0 Å². The van der Waals surface area contributed by atoms with Crippen LogP contribution in [0.15, 0.2) is 23.0 Å². The average Bonchev–Trinajstić information content (AvgIpc) is 2.56. The Labute approximate surface area is 97.2 Å². The van der Waals surface area contributed by atoms with Crippen molar-refractivity contribution in [2.45, 2.75) is 13.8 Å². The maximum absolute atomic E-state index is 11.6. The first-order chi connectivity index (χ1) is 8.11. The van der Waals surface area contributed by atoms with Gasteiger partial charge in [-0.1, -0.05) is 6.07 Å². The van der Waals surface area contributed by atoms with Gasteiger partial charge in [-0.05, 0) is 31.5 Å². The monoisotopic (exact) mass is 235 g/mol. The van der Waals surface area contributed by atoms with Gasteiger partial charge in [-0.3, -0.25) is 0 Å². The first-order valence-electron chi connectivity index (χ1n) is 5.27. The van der Waals surface area contributed by atoms with Crippen LogP contribution in [0.1, 0.15) is 12.5 Å². The highest BCUT2D eigenvalue weighted by atomic mass is 16.6. The van der Waals surface area contributed by atoms with E-state index in [9.17, 15) is 9.59 Å². The predicted octanol–water partition coefficient (Wildman–Crippen LogP) is 1.34. The van der Waals surface area contributed by atoms with Gasteiger partial charge >= 0.3 is 11.8 Å².